The van der Waals surface area contributed by atoms with Crippen LogP contribution in [0.2, 0.25) is 0 Å². The maximum atomic E-state index is 13.3. The Hall–Kier alpha value is -3.62. The molecule has 0 aliphatic carbocycles. The fourth-order valence-electron chi connectivity index (χ4n) is 4.09. The quantitative estimate of drug-likeness (QED) is 0.488. The summed E-state index contributed by atoms with van der Waals surface area (Å²) in [6, 6.07) is 10.1. The van der Waals surface area contributed by atoms with E-state index in [4.69, 9.17) is 8.83 Å². The van der Waals surface area contributed by atoms with Gasteiger partial charge >= 0.3 is 0 Å². The number of carbonyl (C=O) groups is 1. The summed E-state index contributed by atoms with van der Waals surface area (Å²) in [5.74, 6) is 0.765. The molecule has 3 aromatic rings. The molecule has 2 aromatic heterocycles. The minimum Gasteiger partial charge on any atom is -0.459 e. The van der Waals surface area contributed by atoms with Crippen molar-refractivity contribution in [3.63, 3.8) is 0 Å². The molecule has 0 N–H and O–H groups in total. The van der Waals surface area contributed by atoms with Crippen LogP contribution in [0, 0.1) is 18.3 Å². The predicted molar refractivity (Wildman–Crippen MR) is 128 cm³/mol. The zero-order chi connectivity index (χ0) is 25.2. The molecule has 11 heteroatoms. The Bertz CT molecular complexity index is 1350. The topological polar surface area (TPSA) is 124 Å². The largest absolute Gasteiger partial charge is 0.459 e. The molecule has 35 heavy (non-hydrogen) atoms. The Morgan fingerprint density at radius 3 is 2.49 bits per heavy atom. The SMILES string of the molecule is CCN(CC)S(=O)(=O)c1ccc(C)c(C(=O)N2CCN(c3oc(-c4ccco4)nc3C#N)CC2)c1. The van der Waals surface area contributed by atoms with Gasteiger partial charge in [0, 0.05) is 44.8 Å². The van der Waals surface area contributed by atoms with Crippen LogP contribution in [0.4, 0.5) is 5.88 Å². The lowest BCUT2D eigenvalue weighted by atomic mass is 10.1. The molecule has 0 radical (unpaired) electrons. The van der Waals surface area contributed by atoms with Crippen LogP contribution >= 0.6 is 0 Å². The molecule has 4 rings (SSSR count). The van der Waals surface area contributed by atoms with Gasteiger partial charge in [0.15, 0.2) is 5.76 Å². The van der Waals surface area contributed by atoms with Crippen LogP contribution < -0.4 is 4.90 Å². The number of rotatable bonds is 7. The Morgan fingerprint density at radius 2 is 1.89 bits per heavy atom. The number of nitriles is 1. The monoisotopic (exact) mass is 497 g/mol. The molecule has 1 aromatic carbocycles. The maximum absolute atomic E-state index is 13.3. The van der Waals surface area contributed by atoms with Gasteiger partial charge in [-0.25, -0.2) is 8.42 Å². The number of furan rings is 1. The first-order valence-corrected chi connectivity index (χ1v) is 12.8. The van der Waals surface area contributed by atoms with E-state index in [1.807, 2.05) is 4.90 Å². The Kier molecular flexibility index (Phi) is 6.95. The van der Waals surface area contributed by atoms with Crippen LogP contribution in [-0.2, 0) is 10.0 Å². The van der Waals surface area contributed by atoms with Gasteiger partial charge in [0.1, 0.15) is 6.07 Å². The smallest absolute Gasteiger partial charge is 0.266 e. The number of carbonyl (C=O) groups excluding carboxylic acids is 1. The highest BCUT2D eigenvalue weighted by molar-refractivity contribution is 7.89. The van der Waals surface area contributed by atoms with E-state index in [1.54, 1.807) is 49.9 Å². The lowest BCUT2D eigenvalue weighted by molar-refractivity contribution is 0.0744. The van der Waals surface area contributed by atoms with Crippen molar-refractivity contribution in [3.05, 3.63) is 53.4 Å². The fourth-order valence-corrected chi connectivity index (χ4v) is 5.58. The summed E-state index contributed by atoms with van der Waals surface area (Å²) in [5, 5.41) is 9.50. The highest BCUT2D eigenvalue weighted by Gasteiger charge is 2.29. The van der Waals surface area contributed by atoms with E-state index < -0.39 is 10.0 Å². The molecule has 1 aliphatic heterocycles. The average Bonchev–Trinajstić information content (AvgIpc) is 3.54. The number of benzene rings is 1. The van der Waals surface area contributed by atoms with Gasteiger partial charge < -0.3 is 18.6 Å². The Morgan fingerprint density at radius 1 is 1.17 bits per heavy atom. The van der Waals surface area contributed by atoms with Crippen LogP contribution in [0.3, 0.4) is 0 Å². The molecular weight excluding hydrogens is 470 g/mol. The average molecular weight is 498 g/mol. The Balaban J connectivity index is 1.51. The van der Waals surface area contributed by atoms with Gasteiger partial charge in [-0.15, -0.1) is 0 Å². The summed E-state index contributed by atoms with van der Waals surface area (Å²) >= 11 is 0. The third kappa shape index (κ3) is 4.67. The zero-order valence-electron chi connectivity index (χ0n) is 19.9. The van der Waals surface area contributed by atoms with Crippen molar-refractivity contribution in [1.29, 1.82) is 5.26 Å². The molecule has 0 bridgehead atoms. The molecule has 0 saturated carbocycles. The number of piperazine rings is 1. The first-order valence-electron chi connectivity index (χ1n) is 11.4. The molecule has 10 nitrogen and oxygen atoms in total. The second-order valence-corrected chi connectivity index (χ2v) is 10.0. The number of hydrogen-bond acceptors (Lipinski definition) is 8. The zero-order valence-corrected chi connectivity index (χ0v) is 20.7. The van der Waals surface area contributed by atoms with Crippen molar-refractivity contribution in [2.24, 2.45) is 0 Å². The number of oxazole rings is 1. The number of aromatic nitrogens is 1. The molecule has 0 atom stereocenters. The molecule has 0 spiro atoms. The number of sulfonamides is 1. The lowest BCUT2D eigenvalue weighted by Crippen LogP contribution is -2.49. The minimum atomic E-state index is -3.68. The van der Waals surface area contributed by atoms with E-state index >= 15 is 0 Å². The molecule has 0 unspecified atom stereocenters. The molecule has 3 heterocycles. The van der Waals surface area contributed by atoms with E-state index in [0.717, 1.165) is 0 Å². The highest BCUT2D eigenvalue weighted by Crippen LogP contribution is 2.29. The van der Waals surface area contributed by atoms with E-state index in [9.17, 15) is 18.5 Å². The fraction of sp³-hybridized carbons (Fsp3) is 0.375. The van der Waals surface area contributed by atoms with Crippen molar-refractivity contribution < 1.29 is 22.0 Å². The third-order valence-corrected chi connectivity index (χ3v) is 8.13. The van der Waals surface area contributed by atoms with Crippen molar-refractivity contribution >= 4 is 21.8 Å². The normalized spacial score (nSPS) is 14.4. The number of nitrogens with zero attached hydrogens (tertiary/aromatic N) is 5. The van der Waals surface area contributed by atoms with Crippen LogP contribution in [-0.4, -0.2) is 67.8 Å². The van der Waals surface area contributed by atoms with Crippen LogP contribution in [0.1, 0.15) is 35.5 Å². The summed E-state index contributed by atoms with van der Waals surface area (Å²) in [5.41, 5.74) is 1.23. The van der Waals surface area contributed by atoms with Crippen molar-refractivity contribution in [3.8, 4) is 17.7 Å². The van der Waals surface area contributed by atoms with Gasteiger partial charge in [-0.05, 0) is 36.8 Å². The summed E-state index contributed by atoms with van der Waals surface area (Å²) < 4.78 is 38.4. The summed E-state index contributed by atoms with van der Waals surface area (Å²) in [7, 11) is -3.68. The third-order valence-electron chi connectivity index (χ3n) is 6.08. The summed E-state index contributed by atoms with van der Waals surface area (Å²) in [6.45, 7) is 7.70. The van der Waals surface area contributed by atoms with Crippen molar-refractivity contribution in [2.45, 2.75) is 25.7 Å². The molecular formula is C24H27N5O5S. The van der Waals surface area contributed by atoms with Gasteiger partial charge in [0.25, 0.3) is 11.8 Å². The number of amides is 1. The second kappa shape index (κ2) is 9.93. The Labute approximate surface area is 204 Å². The number of anilines is 1. The van der Waals surface area contributed by atoms with Gasteiger partial charge in [-0.1, -0.05) is 19.9 Å². The standard InChI is InChI=1S/C24H27N5O5S/c1-4-29(5-2)35(31,32)18-9-8-17(3)19(15-18)23(30)27-10-12-28(13-11-27)24-20(16-25)26-22(34-24)21-7-6-14-33-21/h6-9,14-15H,4-5,10-13H2,1-3H3. The first kappa shape index (κ1) is 24.5. The molecule has 1 amide bonds. The van der Waals surface area contributed by atoms with Gasteiger partial charge in [-0.2, -0.15) is 14.6 Å². The second-order valence-electron chi connectivity index (χ2n) is 8.11. The minimum absolute atomic E-state index is 0.111. The molecule has 1 aliphatic rings. The van der Waals surface area contributed by atoms with Crippen LogP contribution in [0.5, 0.6) is 0 Å². The summed E-state index contributed by atoms with van der Waals surface area (Å²) in [6.07, 6.45) is 1.50. The first-order chi connectivity index (χ1) is 16.8. The summed E-state index contributed by atoms with van der Waals surface area (Å²) in [4.78, 5) is 21.2. The van der Waals surface area contributed by atoms with E-state index in [0.29, 0.717) is 62.0 Å². The predicted octanol–water partition coefficient (Wildman–Crippen LogP) is 3.11. The lowest BCUT2D eigenvalue weighted by Gasteiger charge is -2.34. The number of aryl methyl sites for hydroxylation is 1. The van der Waals surface area contributed by atoms with Gasteiger partial charge in [0.2, 0.25) is 21.6 Å². The number of hydrogen-bond donors (Lipinski definition) is 0. The van der Waals surface area contributed by atoms with Crippen molar-refractivity contribution in [2.75, 3.05) is 44.2 Å². The molecule has 184 valence electrons. The van der Waals surface area contributed by atoms with Crippen LogP contribution in [0.15, 0.2) is 50.3 Å². The van der Waals surface area contributed by atoms with Crippen molar-refractivity contribution in [1.82, 2.24) is 14.2 Å². The van der Waals surface area contributed by atoms with Gasteiger partial charge in [0.05, 0.1) is 11.2 Å². The van der Waals surface area contributed by atoms with E-state index in [2.05, 4.69) is 11.1 Å². The van der Waals surface area contributed by atoms with E-state index in [1.165, 1.54) is 16.6 Å². The van der Waals surface area contributed by atoms with Gasteiger partial charge in [-0.3, -0.25) is 4.79 Å². The molecule has 1 fully saturated rings. The highest BCUT2D eigenvalue weighted by atomic mass is 32.2. The van der Waals surface area contributed by atoms with E-state index in [-0.39, 0.29) is 22.4 Å². The molecule has 1 saturated heterocycles. The maximum Gasteiger partial charge on any atom is 0.266 e. The van der Waals surface area contributed by atoms with Crippen LogP contribution in [0.25, 0.3) is 11.7 Å².